The Balaban J connectivity index is 2.03. The maximum absolute atomic E-state index is 11.7. The molecule has 3 rings (SSSR count). The molecule has 0 aromatic heterocycles. The molecule has 0 unspecified atom stereocenters. The van der Waals surface area contributed by atoms with Crippen molar-refractivity contribution in [2.75, 3.05) is 7.11 Å². The number of esters is 1. The molecule has 0 atom stereocenters. The van der Waals surface area contributed by atoms with Crippen LogP contribution in [0.15, 0.2) is 36.4 Å². The van der Waals surface area contributed by atoms with E-state index in [9.17, 15) is 4.79 Å². The average molecular weight is 419 g/mol. The van der Waals surface area contributed by atoms with Crippen LogP contribution in [0, 0.1) is 0 Å². The standard InChI is InChI=1S/C29H38O2/c1-8-9-10-11-23-17-25-26(29(5,6)19-28(25,3)4)18-24(23)20(2)16-21-12-14-22(15-13-21)27(30)31-7/h12-18H,8-11,19H2,1-7H3. The Kier molecular flexibility index (Phi) is 6.79. The molecule has 166 valence electrons. The van der Waals surface area contributed by atoms with Gasteiger partial charge in [0.05, 0.1) is 12.7 Å². The van der Waals surface area contributed by atoms with Crippen molar-refractivity contribution in [1.29, 1.82) is 0 Å². The van der Waals surface area contributed by atoms with E-state index in [1.165, 1.54) is 60.6 Å². The second kappa shape index (κ2) is 9.02. The topological polar surface area (TPSA) is 26.3 Å². The van der Waals surface area contributed by atoms with Crippen molar-refractivity contribution >= 4 is 17.6 Å². The summed E-state index contributed by atoms with van der Waals surface area (Å²) >= 11 is 0. The van der Waals surface area contributed by atoms with Crippen molar-refractivity contribution in [2.45, 2.75) is 84.5 Å². The molecule has 2 nitrogen and oxygen atoms in total. The highest BCUT2D eigenvalue weighted by atomic mass is 16.5. The predicted molar refractivity (Wildman–Crippen MR) is 132 cm³/mol. The molecule has 0 saturated carbocycles. The zero-order valence-corrected chi connectivity index (χ0v) is 20.4. The Bertz CT molecular complexity index is 975. The van der Waals surface area contributed by atoms with E-state index in [2.05, 4.69) is 59.8 Å². The van der Waals surface area contributed by atoms with Crippen LogP contribution < -0.4 is 0 Å². The van der Waals surface area contributed by atoms with Crippen molar-refractivity contribution in [1.82, 2.24) is 0 Å². The first-order chi connectivity index (χ1) is 14.6. The van der Waals surface area contributed by atoms with E-state index in [4.69, 9.17) is 4.74 Å². The molecular formula is C29H38O2. The summed E-state index contributed by atoms with van der Waals surface area (Å²) < 4.78 is 4.81. The fraction of sp³-hybridized carbons (Fsp3) is 0.483. The van der Waals surface area contributed by atoms with Gasteiger partial charge in [-0.05, 0) is 82.5 Å². The average Bonchev–Trinajstić information content (AvgIpc) is 2.90. The van der Waals surface area contributed by atoms with Crippen LogP contribution in [-0.2, 0) is 22.0 Å². The molecule has 0 spiro atoms. The van der Waals surface area contributed by atoms with E-state index in [-0.39, 0.29) is 16.8 Å². The number of hydrogen-bond donors (Lipinski definition) is 0. The Hall–Kier alpha value is -2.35. The summed E-state index contributed by atoms with van der Waals surface area (Å²) in [6.07, 6.45) is 8.28. The van der Waals surface area contributed by atoms with Crippen LogP contribution in [0.3, 0.4) is 0 Å². The zero-order valence-electron chi connectivity index (χ0n) is 20.4. The van der Waals surface area contributed by atoms with Crippen molar-refractivity contribution < 1.29 is 9.53 Å². The van der Waals surface area contributed by atoms with E-state index in [0.717, 1.165) is 12.0 Å². The quantitative estimate of drug-likeness (QED) is 0.261. The third-order valence-corrected chi connectivity index (χ3v) is 6.77. The van der Waals surface area contributed by atoms with Gasteiger partial charge in [0.2, 0.25) is 0 Å². The third-order valence-electron chi connectivity index (χ3n) is 6.77. The molecule has 0 bridgehead atoms. The van der Waals surface area contributed by atoms with E-state index in [0.29, 0.717) is 5.56 Å². The molecule has 0 amide bonds. The molecule has 0 fully saturated rings. The first-order valence-electron chi connectivity index (χ1n) is 11.6. The van der Waals surface area contributed by atoms with Crippen LogP contribution >= 0.6 is 0 Å². The molecule has 2 heteroatoms. The van der Waals surface area contributed by atoms with Crippen LogP contribution in [0.1, 0.15) is 105 Å². The van der Waals surface area contributed by atoms with E-state index < -0.39 is 0 Å². The molecule has 1 aliphatic rings. The number of fused-ring (bicyclic) bond motifs is 1. The van der Waals surface area contributed by atoms with Gasteiger partial charge in [-0.15, -0.1) is 0 Å². The molecule has 0 heterocycles. The summed E-state index contributed by atoms with van der Waals surface area (Å²) in [5, 5.41) is 0. The number of rotatable bonds is 7. The second-order valence-electron chi connectivity index (χ2n) is 10.4. The van der Waals surface area contributed by atoms with Crippen molar-refractivity contribution in [2.24, 2.45) is 0 Å². The minimum atomic E-state index is -0.297. The molecule has 0 radical (unpaired) electrons. The molecule has 31 heavy (non-hydrogen) atoms. The molecule has 2 aromatic carbocycles. The number of carbonyl (C=O) groups is 1. The molecule has 2 aromatic rings. The number of allylic oxidation sites excluding steroid dienone is 1. The normalized spacial score (nSPS) is 16.8. The molecule has 0 saturated heterocycles. The van der Waals surface area contributed by atoms with Gasteiger partial charge in [0.15, 0.2) is 0 Å². The molecule has 0 aliphatic heterocycles. The summed E-state index contributed by atoms with van der Waals surface area (Å²) in [6.45, 7) is 14.0. The van der Waals surface area contributed by atoms with Gasteiger partial charge < -0.3 is 4.74 Å². The Morgan fingerprint density at radius 3 is 2.19 bits per heavy atom. The van der Waals surface area contributed by atoms with Crippen LogP contribution in [0.2, 0.25) is 0 Å². The minimum absolute atomic E-state index is 0.192. The van der Waals surface area contributed by atoms with E-state index >= 15 is 0 Å². The summed E-state index contributed by atoms with van der Waals surface area (Å²) in [6, 6.07) is 12.6. The molecule has 0 N–H and O–H groups in total. The lowest BCUT2D eigenvalue weighted by molar-refractivity contribution is 0.0600. The predicted octanol–water partition coefficient (Wildman–Crippen LogP) is 7.73. The zero-order chi connectivity index (χ0) is 22.8. The van der Waals surface area contributed by atoms with E-state index in [1.807, 2.05) is 24.3 Å². The van der Waals surface area contributed by atoms with Gasteiger partial charge in [0.1, 0.15) is 0 Å². The number of benzene rings is 2. The number of ether oxygens (including phenoxy) is 1. The summed E-state index contributed by atoms with van der Waals surface area (Å²) in [7, 11) is 1.41. The van der Waals surface area contributed by atoms with Gasteiger partial charge in [0, 0.05) is 0 Å². The highest BCUT2D eigenvalue weighted by Crippen LogP contribution is 2.50. The van der Waals surface area contributed by atoms with Gasteiger partial charge in [-0.3, -0.25) is 0 Å². The summed E-state index contributed by atoms with van der Waals surface area (Å²) in [5.74, 6) is -0.297. The fourth-order valence-corrected chi connectivity index (χ4v) is 5.36. The molecular weight excluding hydrogens is 380 g/mol. The Morgan fingerprint density at radius 2 is 1.61 bits per heavy atom. The number of methoxy groups -OCH3 is 1. The van der Waals surface area contributed by atoms with Crippen molar-refractivity contribution in [3.05, 3.63) is 69.8 Å². The minimum Gasteiger partial charge on any atom is -0.465 e. The van der Waals surface area contributed by atoms with Crippen LogP contribution in [0.5, 0.6) is 0 Å². The lowest BCUT2D eigenvalue weighted by atomic mass is 9.82. The van der Waals surface area contributed by atoms with Crippen molar-refractivity contribution in [3.63, 3.8) is 0 Å². The summed E-state index contributed by atoms with van der Waals surface area (Å²) in [4.78, 5) is 11.7. The van der Waals surface area contributed by atoms with Gasteiger partial charge in [-0.25, -0.2) is 4.79 Å². The third kappa shape index (κ3) is 4.95. The maximum Gasteiger partial charge on any atom is 0.337 e. The number of aryl methyl sites for hydroxylation is 1. The van der Waals surface area contributed by atoms with Gasteiger partial charge >= 0.3 is 5.97 Å². The lowest BCUT2D eigenvalue weighted by Crippen LogP contribution is -2.18. The second-order valence-corrected chi connectivity index (χ2v) is 10.4. The molecule has 1 aliphatic carbocycles. The largest absolute Gasteiger partial charge is 0.465 e. The van der Waals surface area contributed by atoms with Gasteiger partial charge in [0.25, 0.3) is 0 Å². The van der Waals surface area contributed by atoms with Gasteiger partial charge in [-0.1, -0.05) is 77.8 Å². The number of carbonyl (C=O) groups excluding carboxylic acids is 1. The maximum atomic E-state index is 11.7. The highest BCUT2D eigenvalue weighted by Gasteiger charge is 2.42. The van der Waals surface area contributed by atoms with Crippen LogP contribution in [-0.4, -0.2) is 13.1 Å². The van der Waals surface area contributed by atoms with Gasteiger partial charge in [-0.2, -0.15) is 0 Å². The number of hydrogen-bond acceptors (Lipinski definition) is 2. The SMILES string of the molecule is CCCCCc1cc2c(cc1C(C)=Cc1ccc(C(=O)OC)cc1)C(C)(C)CC2(C)C. The fourth-order valence-electron chi connectivity index (χ4n) is 5.36. The smallest absolute Gasteiger partial charge is 0.337 e. The lowest BCUT2D eigenvalue weighted by Gasteiger charge is -2.22. The first kappa shape index (κ1) is 23.3. The Morgan fingerprint density at radius 1 is 1.00 bits per heavy atom. The van der Waals surface area contributed by atoms with Crippen LogP contribution in [0.4, 0.5) is 0 Å². The highest BCUT2D eigenvalue weighted by molar-refractivity contribution is 5.90. The van der Waals surface area contributed by atoms with E-state index in [1.54, 1.807) is 0 Å². The Labute approximate surface area is 188 Å². The number of unbranched alkanes of at least 4 members (excludes halogenated alkanes) is 2. The monoisotopic (exact) mass is 418 g/mol. The summed E-state index contributed by atoms with van der Waals surface area (Å²) in [5.41, 5.74) is 9.25. The van der Waals surface area contributed by atoms with Crippen molar-refractivity contribution in [3.8, 4) is 0 Å². The van der Waals surface area contributed by atoms with Crippen LogP contribution in [0.25, 0.3) is 11.6 Å². The first-order valence-corrected chi connectivity index (χ1v) is 11.6.